The lowest BCUT2D eigenvalue weighted by Crippen LogP contribution is -2.43. The Morgan fingerprint density at radius 2 is 1.60 bits per heavy atom. The van der Waals surface area contributed by atoms with E-state index in [1.165, 1.54) is 5.56 Å². The molecule has 132 valence electrons. The van der Waals surface area contributed by atoms with Crippen LogP contribution in [0.3, 0.4) is 0 Å². The van der Waals surface area contributed by atoms with Crippen LogP contribution < -0.4 is 16.0 Å². The first kappa shape index (κ1) is 18.5. The van der Waals surface area contributed by atoms with Gasteiger partial charge in [0.2, 0.25) is 5.91 Å². The Balaban J connectivity index is 1.70. The van der Waals surface area contributed by atoms with Crippen LogP contribution in [0.4, 0.5) is 0 Å². The van der Waals surface area contributed by atoms with Gasteiger partial charge in [-0.25, -0.2) is 0 Å². The van der Waals surface area contributed by atoms with Gasteiger partial charge in [-0.05, 0) is 17.0 Å². The van der Waals surface area contributed by atoms with E-state index < -0.39 is 0 Å². The molecule has 0 aliphatic rings. The van der Waals surface area contributed by atoms with Crippen LogP contribution in [0.2, 0.25) is 0 Å². The SMILES string of the molecule is CN=C(NCC(=O)NCc1ccccc1)NCC(C)c1ccccc1. The Morgan fingerprint density at radius 1 is 0.960 bits per heavy atom. The molecule has 5 nitrogen and oxygen atoms in total. The van der Waals surface area contributed by atoms with E-state index in [2.05, 4.69) is 40.0 Å². The standard InChI is InChI=1S/C20H26N4O/c1-16(18-11-7-4-8-12-18)13-23-20(21-2)24-15-19(25)22-14-17-9-5-3-6-10-17/h3-12,16H,13-15H2,1-2H3,(H,22,25)(H2,21,23,24). The van der Waals surface area contributed by atoms with Crippen LogP contribution in [0.25, 0.3) is 0 Å². The van der Waals surface area contributed by atoms with Crippen molar-refractivity contribution in [1.29, 1.82) is 0 Å². The number of nitrogens with zero attached hydrogens (tertiary/aromatic N) is 1. The Morgan fingerprint density at radius 3 is 2.24 bits per heavy atom. The van der Waals surface area contributed by atoms with Crippen LogP contribution in [0, 0.1) is 0 Å². The number of carbonyl (C=O) groups is 1. The second-order valence-corrected chi connectivity index (χ2v) is 5.88. The molecule has 1 unspecified atom stereocenters. The third-order valence-corrected chi connectivity index (χ3v) is 3.92. The molecule has 0 fully saturated rings. The van der Waals surface area contributed by atoms with Gasteiger partial charge in [0, 0.05) is 20.1 Å². The van der Waals surface area contributed by atoms with E-state index in [-0.39, 0.29) is 12.5 Å². The van der Waals surface area contributed by atoms with E-state index in [0.717, 1.165) is 12.1 Å². The maximum atomic E-state index is 11.9. The largest absolute Gasteiger partial charge is 0.356 e. The van der Waals surface area contributed by atoms with Gasteiger partial charge in [-0.3, -0.25) is 9.79 Å². The highest BCUT2D eigenvalue weighted by atomic mass is 16.1. The summed E-state index contributed by atoms with van der Waals surface area (Å²) in [5.41, 5.74) is 2.35. The van der Waals surface area contributed by atoms with Gasteiger partial charge in [0.05, 0.1) is 6.54 Å². The summed E-state index contributed by atoms with van der Waals surface area (Å²) in [4.78, 5) is 16.1. The van der Waals surface area contributed by atoms with E-state index in [4.69, 9.17) is 0 Å². The highest BCUT2D eigenvalue weighted by molar-refractivity contribution is 5.86. The van der Waals surface area contributed by atoms with Crippen LogP contribution in [0.5, 0.6) is 0 Å². The summed E-state index contributed by atoms with van der Waals surface area (Å²) in [6.45, 7) is 3.61. The minimum atomic E-state index is -0.0667. The molecule has 2 aromatic rings. The van der Waals surface area contributed by atoms with Crippen molar-refractivity contribution in [2.24, 2.45) is 4.99 Å². The summed E-state index contributed by atoms with van der Waals surface area (Å²) in [6.07, 6.45) is 0. The van der Waals surface area contributed by atoms with Crippen LogP contribution in [-0.4, -0.2) is 32.0 Å². The smallest absolute Gasteiger partial charge is 0.239 e. The van der Waals surface area contributed by atoms with E-state index in [1.54, 1.807) is 7.05 Å². The molecule has 0 heterocycles. The zero-order valence-corrected chi connectivity index (χ0v) is 14.8. The zero-order valence-electron chi connectivity index (χ0n) is 14.8. The lowest BCUT2D eigenvalue weighted by molar-refractivity contribution is -0.120. The first-order valence-corrected chi connectivity index (χ1v) is 8.49. The van der Waals surface area contributed by atoms with Crippen molar-refractivity contribution < 1.29 is 4.79 Å². The van der Waals surface area contributed by atoms with Gasteiger partial charge >= 0.3 is 0 Å². The van der Waals surface area contributed by atoms with Gasteiger partial charge in [-0.2, -0.15) is 0 Å². The van der Waals surface area contributed by atoms with Gasteiger partial charge in [0.1, 0.15) is 0 Å². The van der Waals surface area contributed by atoms with E-state index in [0.29, 0.717) is 18.4 Å². The number of aliphatic imine (C=N–C) groups is 1. The molecule has 5 heteroatoms. The van der Waals surface area contributed by atoms with Gasteiger partial charge in [-0.15, -0.1) is 0 Å². The number of guanidine groups is 1. The molecule has 2 rings (SSSR count). The predicted molar refractivity (Wildman–Crippen MR) is 103 cm³/mol. The summed E-state index contributed by atoms with van der Waals surface area (Å²) in [5, 5.41) is 9.18. The number of nitrogens with one attached hydrogen (secondary N) is 3. The van der Waals surface area contributed by atoms with Crippen molar-refractivity contribution in [3.05, 3.63) is 71.8 Å². The van der Waals surface area contributed by atoms with E-state index in [1.807, 2.05) is 48.5 Å². The zero-order chi connectivity index (χ0) is 17.9. The quantitative estimate of drug-likeness (QED) is 0.536. The fourth-order valence-electron chi connectivity index (χ4n) is 2.39. The summed E-state index contributed by atoms with van der Waals surface area (Å²) in [7, 11) is 1.70. The molecular weight excluding hydrogens is 312 g/mol. The van der Waals surface area contributed by atoms with Gasteiger partial charge in [0.25, 0.3) is 0 Å². The number of hydrogen-bond acceptors (Lipinski definition) is 2. The number of rotatable bonds is 7. The van der Waals surface area contributed by atoms with Gasteiger partial charge in [-0.1, -0.05) is 67.6 Å². The highest BCUT2D eigenvalue weighted by Gasteiger charge is 2.07. The Kier molecular flexibility index (Phi) is 7.50. The van der Waals surface area contributed by atoms with Crippen molar-refractivity contribution in [3.63, 3.8) is 0 Å². The minimum Gasteiger partial charge on any atom is -0.356 e. The molecule has 0 bridgehead atoms. The highest BCUT2D eigenvalue weighted by Crippen LogP contribution is 2.12. The monoisotopic (exact) mass is 338 g/mol. The lowest BCUT2D eigenvalue weighted by atomic mass is 10.0. The molecule has 1 atom stereocenters. The first-order chi connectivity index (χ1) is 12.2. The summed E-state index contributed by atoms with van der Waals surface area (Å²) >= 11 is 0. The number of carbonyl (C=O) groups excluding carboxylic acids is 1. The third kappa shape index (κ3) is 6.67. The fourth-order valence-corrected chi connectivity index (χ4v) is 2.39. The van der Waals surface area contributed by atoms with Crippen molar-refractivity contribution >= 4 is 11.9 Å². The van der Waals surface area contributed by atoms with Crippen molar-refractivity contribution in [1.82, 2.24) is 16.0 Å². The number of hydrogen-bond donors (Lipinski definition) is 3. The molecule has 0 saturated carbocycles. The molecule has 3 N–H and O–H groups in total. The third-order valence-electron chi connectivity index (χ3n) is 3.92. The van der Waals surface area contributed by atoms with Crippen molar-refractivity contribution in [3.8, 4) is 0 Å². The Labute approximate surface area is 149 Å². The molecule has 0 saturated heterocycles. The normalized spacial score (nSPS) is 12.3. The van der Waals surface area contributed by atoms with E-state index in [9.17, 15) is 4.79 Å². The maximum absolute atomic E-state index is 11.9. The summed E-state index contributed by atoms with van der Waals surface area (Å²) in [6, 6.07) is 20.2. The molecular formula is C20H26N4O. The average molecular weight is 338 g/mol. The Hall–Kier alpha value is -2.82. The first-order valence-electron chi connectivity index (χ1n) is 8.49. The number of benzene rings is 2. The minimum absolute atomic E-state index is 0.0667. The summed E-state index contributed by atoms with van der Waals surface area (Å²) < 4.78 is 0. The maximum Gasteiger partial charge on any atom is 0.239 e. The van der Waals surface area contributed by atoms with Crippen molar-refractivity contribution in [2.75, 3.05) is 20.1 Å². The topological polar surface area (TPSA) is 65.5 Å². The summed E-state index contributed by atoms with van der Waals surface area (Å²) in [5.74, 6) is 0.909. The van der Waals surface area contributed by atoms with Crippen LogP contribution in [0.1, 0.15) is 24.0 Å². The molecule has 0 radical (unpaired) electrons. The molecule has 0 spiro atoms. The molecule has 25 heavy (non-hydrogen) atoms. The van der Waals surface area contributed by atoms with E-state index >= 15 is 0 Å². The predicted octanol–water partition coefficient (Wildman–Crippen LogP) is 2.27. The van der Waals surface area contributed by atoms with Crippen LogP contribution >= 0.6 is 0 Å². The lowest BCUT2D eigenvalue weighted by Gasteiger charge is -2.16. The van der Waals surface area contributed by atoms with Gasteiger partial charge < -0.3 is 16.0 Å². The molecule has 0 aromatic heterocycles. The second kappa shape index (κ2) is 10.1. The molecule has 1 amide bonds. The van der Waals surface area contributed by atoms with Crippen LogP contribution in [-0.2, 0) is 11.3 Å². The van der Waals surface area contributed by atoms with Gasteiger partial charge in [0.15, 0.2) is 5.96 Å². The van der Waals surface area contributed by atoms with Crippen LogP contribution in [0.15, 0.2) is 65.7 Å². The molecule has 2 aromatic carbocycles. The molecule has 0 aliphatic heterocycles. The fraction of sp³-hybridized carbons (Fsp3) is 0.300. The second-order valence-electron chi connectivity index (χ2n) is 5.88. The molecule has 0 aliphatic carbocycles. The van der Waals surface area contributed by atoms with Crippen molar-refractivity contribution in [2.45, 2.75) is 19.4 Å². The Bertz CT molecular complexity index is 671. The number of amides is 1. The average Bonchev–Trinajstić information content (AvgIpc) is 2.67.